The molecule has 1 saturated carbocycles. The van der Waals surface area contributed by atoms with Crippen molar-refractivity contribution in [3.63, 3.8) is 0 Å². The van der Waals surface area contributed by atoms with Crippen molar-refractivity contribution in [3.8, 4) is 0 Å². The van der Waals surface area contributed by atoms with Crippen LogP contribution < -0.4 is 10.9 Å². The molecule has 22 heavy (non-hydrogen) atoms. The summed E-state index contributed by atoms with van der Waals surface area (Å²) in [5.74, 6) is 0. The lowest BCUT2D eigenvalue weighted by molar-refractivity contribution is 0.0270. The highest BCUT2D eigenvalue weighted by Gasteiger charge is 2.45. The monoisotopic (exact) mass is 302 g/mol. The molecule has 0 atom stereocenters. The van der Waals surface area contributed by atoms with E-state index in [9.17, 15) is 9.59 Å². The standard InChI is InChI=1S/C18H26N2O2/c1-2-3-4-16-14(13-21)5-10-20(17(16)22)15-11-18(12-15)6-8-19-9-7-18/h5,10,13,15,19H,2-4,6-9,11-12H2,1H3. The molecular weight excluding hydrogens is 276 g/mol. The number of nitrogens with zero attached hydrogens (tertiary/aromatic N) is 1. The highest BCUT2D eigenvalue weighted by atomic mass is 16.1. The first-order valence-electron chi connectivity index (χ1n) is 8.59. The fourth-order valence-electron chi connectivity index (χ4n) is 4.11. The van der Waals surface area contributed by atoms with Gasteiger partial charge in [-0.25, -0.2) is 0 Å². The number of aldehydes is 1. The Morgan fingerprint density at radius 3 is 2.73 bits per heavy atom. The number of nitrogens with one attached hydrogen (secondary N) is 1. The Morgan fingerprint density at radius 1 is 1.36 bits per heavy atom. The molecule has 1 aromatic rings. The number of piperidine rings is 1. The molecule has 0 radical (unpaired) electrons. The summed E-state index contributed by atoms with van der Waals surface area (Å²) in [5, 5.41) is 3.41. The second-order valence-electron chi connectivity index (χ2n) is 7.00. The molecule has 0 unspecified atom stereocenters. The minimum absolute atomic E-state index is 0.0619. The molecule has 0 aromatic carbocycles. The Kier molecular flexibility index (Phi) is 4.48. The molecule has 1 aromatic heterocycles. The summed E-state index contributed by atoms with van der Waals surface area (Å²) in [4.78, 5) is 23.9. The first-order valence-corrected chi connectivity index (χ1v) is 8.59. The zero-order chi connectivity index (χ0) is 15.6. The maximum Gasteiger partial charge on any atom is 0.254 e. The number of hydrogen-bond acceptors (Lipinski definition) is 3. The normalized spacial score (nSPS) is 20.8. The fourth-order valence-corrected chi connectivity index (χ4v) is 4.11. The van der Waals surface area contributed by atoms with Gasteiger partial charge in [-0.05, 0) is 63.1 Å². The molecule has 2 aliphatic rings. The Hall–Kier alpha value is -1.42. The van der Waals surface area contributed by atoms with Crippen LogP contribution in [0.25, 0.3) is 0 Å². The van der Waals surface area contributed by atoms with E-state index in [4.69, 9.17) is 0 Å². The van der Waals surface area contributed by atoms with Crippen molar-refractivity contribution in [2.24, 2.45) is 5.41 Å². The van der Waals surface area contributed by atoms with E-state index in [0.29, 0.717) is 29.0 Å². The molecule has 4 heteroatoms. The summed E-state index contributed by atoms with van der Waals surface area (Å²) < 4.78 is 1.89. The van der Waals surface area contributed by atoms with Crippen molar-refractivity contribution >= 4 is 6.29 Å². The van der Waals surface area contributed by atoms with Crippen LogP contribution in [-0.4, -0.2) is 23.9 Å². The van der Waals surface area contributed by atoms with Gasteiger partial charge in [0.05, 0.1) is 0 Å². The van der Waals surface area contributed by atoms with Crippen molar-refractivity contribution in [1.29, 1.82) is 0 Å². The van der Waals surface area contributed by atoms with Crippen LogP contribution in [0.5, 0.6) is 0 Å². The zero-order valence-corrected chi connectivity index (χ0v) is 13.4. The average molecular weight is 302 g/mol. The van der Waals surface area contributed by atoms with E-state index in [1.54, 1.807) is 0 Å². The summed E-state index contributed by atoms with van der Waals surface area (Å²) in [5.41, 5.74) is 1.81. The number of rotatable bonds is 5. The van der Waals surface area contributed by atoms with Gasteiger partial charge in [0, 0.05) is 23.4 Å². The summed E-state index contributed by atoms with van der Waals surface area (Å²) in [6.45, 7) is 4.32. The van der Waals surface area contributed by atoms with Gasteiger partial charge in [-0.15, -0.1) is 0 Å². The van der Waals surface area contributed by atoms with Crippen LogP contribution in [0.1, 0.15) is 67.4 Å². The Morgan fingerprint density at radius 2 is 2.09 bits per heavy atom. The molecule has 0 amide bonds. The quantitative estimate of drug-likeness (QED) is 0.851. The smallest absolute Gasteiger partial charge is 0.254 e. The second-order valence-corrected chi connectivity index (χ2v) is 7.00. The van der Waals surface area contributed by atoms with Gasteiger partial charge in [-0.3, -0.25) is 9.59 Å². The van der Waals surface area contributed by atoms with Gasteiger partial charge >= 0.3 is 0 Å². The molecular formula is C18H26N2O2. The SMILES string of the molecule is CCCCc1c(C=O)ccn(C2CC3(CCNCC3)C2)c1=O. The maximum absolute atomic E-state index is 12.8. The molecule has 120 valence electrons. The van der Waals surface area contributed by atoms with Gasteiger partial charge in [0.1, 0.15) is 0 Å². The molecule has 1 spiro atoms. The fraction of sp³-hybridized carbons (Fsp3) is 0.667. The number of unbranched alkanes of at least 4 members (excludes halogenated alkanes) is 1. The van der Waals surface area contributed by atoms with Crippen LogP contribution in [0.3, 0.4) is 0 Å². The van der Waals surface area contributed by atoms with Crippen molar-refractivity contribution < 1.29 is 4.79 Å². The van der Waals surface area contributed by atoms with Crippen LogP contribution in [0.4, 0.5) is 0 Å². The van der Waals surface area contributed by atoms with Gasteiger partial charge in [0.2, 0.25) is 0 Å². The van der Waals surface area contributed by atoms with Crippen molar-refractivity contribution in [3.05, 3.63) is 33.7 Å². The lowest BCUT2D eigenvalue weighted by atomic mass is 9.60. The van der Waals surface area contributed by atoms with Gasteiger partial charge in [-0.1, -0.05) is 13.3 Å². The molecule has 4 nitrogen and oxygen atoms in total. The third-order valence-electron chi connectivity index (χ3n) is 5.56. The summed E-state index contributed by atoms with van der Waals surface area (Å²) in [6, 6.07) is 2.15. The summed E-state index contributed by atoms with van der Waals surface area (Å²) in [7, 11) is 0. The molecule has 1 saturated heterocycles. The minimum atomic E-state index is 0.0619. The van der Waals surface area contributed by atoms with Crippen LogP contribution in [0.15, 0.2) is 17.1 Å². The largest absolute Gasteiger partial charge is 0.317 e. The van der Waals surface area contributed by atoms with Crippen molar-refractivity contribution in [2.75, 3.05) is 13.1 Å². The van der Waals surface area contributed by atoms with E-state index in [-0.39, 0.29) is 5.56 Å². The molecule has 0 bridgehead atoms. The molecule has 1 aliphatic carbocycles. The van der Waals surface area contributed by atoms with Crippen LogP contribution in [0.2, 0.25) is 0 Å². The third-order valence-corrected chi connectivity index (χ3v) is 5.56. The van der Waals surface area contributed by atoms with Gasteiger partial charge in [-0.2, -0.15) is 0 Å². The van der Waals surface area contributed by atoms with Gasteiger partial charge in [0.25, 0.3) is 5.56 Å². The van der Waals surface area contributed by atoms with Crippen molar-refractivity contribution in [1.82, 2.24) is 9.88 Å². The predicted octanol–water partition coefficient (Wildman–Crippen LogP) is 2.71. The Bertz CT molecular complexity index is 592. The number of aromatic nitrogens is 1. The van der Waals surface area contributed by atoms with Crippen molar-refractivity contribution in [2.45, 2.75) is 57.9 Å². The number of carbonyl (C=O) groups excluding carboxylic acids is 1. The number of hydrogen-bond donors (Lipinski definition) is 1. The average Bonchev–Trinajstić information content (AvgIpc) is 2.52. The molecule has 1 N–H and O–H groups in total. The maximum atomic E-state index is 12.8. The first kappa shape index (κ1) is 15.5. The van der Waals surface area contributed by atoms with E-state index in [1.165, 1.54) is 12.8 Å². The van der Waals surface area contributed by atoms with E-state index >= 15 is 0 Å². The Labute approximate surface area is 131 Å². The number of carbonyl (C=O) groups is 1. The highest BCUT2D eigenvalue weighted by molar-refractivity contribution is 5.76. The van der Waals surface area contributed by atoms with E-state index in [2.05, 4.69) is 12.2 Å². The lowest BCUT2D eigenvalue weighted by Gasteiger charge is -2.51. The van der Waals surface area contributed by atoms with E-state index in [1.807, 2.05) is 16.8 Å². The molecule has 2 fully saturated rings. The topological polar surface area (TPSA) is 51.1 Å². The second kappa shape index (κ2) is 6.37. The Balaban J connectivity index is 1.80. The zero-order valence-electron chi connectivity index (χ0n) is 13.4. The lowest BCUT2D eigenvalue weighted by Crippen LogP contribution is -2.48. The molecule has 3 rings (SSSR count). The van der Waals surface area contributed by atoms with E-state index < -0.39 is 0 Å². The number of pyridine rings is 1. The predicted molar refractivity (Wildman–Crippen MR) is 87.5 cm³/mol. The van der Waals surface area contributed by atoms with Crippen LogP contribution in [0, 0.1) is 5.41 Å². The van der Waals surface area contributed by atoms with E-state index in [0.717, 1.165) is 45.1 Å². The van der Waals surface area contributed by atoms with Gasteiger partial charge in [0.15, 0.2) is 6.29 Å². The third kappa shape index (κ3) is 2.76. The summed E-state index contributed by atoms with van der Waals surface area (Å²) >= 11 is 0. The highest BCUT2D eigenvalue weighted by Crippen LogP contribution is 2.53. The first-order chi connectivity index (χ1) is 10.7. The minimum Gasteiger partial charge on any atom is -0.317 e. The van der Waals surface area contributed by atoms with Crippen LogP contribution >= 0.6 is 0 Å². The summed E-state index contributed by atoms with van der Waals surface area (Å²) in [6.07, 6.45) is 10.1. The van der Waals surface area contributed by atoms with Gasteiger partial charge < -0.3 is 9.88 Å². The van der Waals surface area contributed by atoms with Crippen LogP contribution in [-0.2, 0) is 6.42 Å². The molecule has 1 aliphatic heterocycles. The molecule has 2 heterocycles.